The molecule has 3 heteroatoms. The van der Waals surface area contributed by atoms with Gasteiger partial charge in [0.2, 0.25) is 0 Å². The molecule has 1 atom stereocenters. The number of nitrogens with zero attached hydrogens (tertiary/aromatic N) is 1. The third-order valence-electron chi connectivity index (χ3n) is 4.64. The second kappa shape index (κ2) is 6.59. The van der Waals surface area contributed by atoms with Gasteiger partial charge in [-0.2, -0.15) is 0 Å². The first-order valence-electron chi connectivity index (χ1n) is 8.09. The summed E-state index contributed by atoms with van der Waals surface area (Å²) in [4.78, 5) is 2.69. The molecule has 1 saturated heterocycles. The van der Waals surface area contributed by atoms with E-state index in [0.717, 1.165) is 12.2 Å². The standard InChI is InChI=1S/C17H26N2O/c18-10-13-20-17-9-5-6-14-15(17)7-4-8-16(14)19-11-2-1-3-12-19/h5-6,9,16H,1-4,7-8,10-13,18H2. The van der Waals surface area contributed by atoms with E-state index >= 15 is 0 Å². The Morgan fingerprint density at radius 1 is 1.15 bits per heavy atom. The summed E-state index contributed by atoms with van der Waals surface area (Å²) >= 11 is 0. The molecule has 0 aromatic heterocycles. The van der Waals surface area contributed by atoms with Gasteiger partial charge in [-0.15, -0.1) is 0 Å². The van der Waals surface area contributed by atoms with Gasteiger partial charge in [0.1, 0.15) is 12.4 Å². The fourth-order valence-electron chi connectivity index (χ4n) is 3.70. The molecular formula is C17H26N2O. The Labute approximate surface area is 122 Å². The normalized spacial score (nSPS) is 23.4. The lowest BCUT2D eigenvalue weighted by molar-refractivity contribution is 0.148. The molecule has 3 nitrogen and oxygen atoms in total. The molecule has 20 heavy (non-hydrogen) atoms. The van der Waals surface area contributed by atoms with Crippen molar-refractivity contribution in [3.63, 3.8) is 0 Å². The van der Waals surface area contributed by atoms with Crippen molar-refractivity contribution in [3.8, 4) is 5.75 Å². The maximum Gasteiger partial charge on any atom is 0.122 e. The first-order valence-corrected chi connectivity index (χ1v) is 8.09. The molecule has 1 unspecified atom stereocenters. The Hall–Kier alpha value is -1.06. The Bertz CT molecular complexity index is 441. The van der Waals surface area contributed by atoms with Gasteiger partial charge in [0.25, 0.3) is 0 Å². The van der Waals surface area contributed by atoms with E-state index in [1.54, 1.807) is 0 Å². The predicted molar refractivity (Wildman–Crippen MR) is 82.1 cm³/mol. The molecular weight excluding hydrogens is 248 g/mol. The molecule has 1 aromatic rings. The summed E-state index contributed by atoms with van der Waals surface area (Å²) in [6, 6.07) is 7.17. The summed E-state index contributed by atoms with van der Waals surface area (Å²) in [5.74, 6) is 1.06. The zero-order valence-electron chi connectivity index (χ0n) is 12.3. The van der Waals surface area contributed by atoms with Crippen molar-refractivity contribution in [2.75, 3.05) is 26.2 Å². The van der Waals surface area contributed by atoms with Crippen molar-refractivity contribution in [2.24, 2.45) is 5.73 Å². The molecule has 0 amide bonds. The summed E-state index contributed by atoms with van der Waals surface area (Å²) in [6.45, 7) is 3.72. The first kappa shape index (κ1) is 13.9. The van der Waals surface area contributed by atoms with Crippen molar-refractivity contribution in [2.45, 2.75) is 44.6 Å². The molecule has 1 heterocycles. The average molecular weight is 274 g/mol. The number of fused-ring (bicyclic) bond motifs is 1. The van der Waals surface area contributed by atoms with Gasteiger partial charge in [-0.05, 0) is 62.4 Å². The minimum absolute atomic E-state index is 0.583. The highest BCUT2D eigenvalue weighted by atomic mass is 16.5. The monoisotopic (exact) mass is 274 g/mol. The van der Waals surface area contributed by atoms with Gasteiger partial charge in [-0.3, -0.25) is 4.90 Å². The zero-order valence-corrected chi connectivity index (χ0v) is 12.3. The molecule has 1 aromatic carbocycles. The van der Waals surface area contributed by atoms with Crippen LogP contribution in [0.2, 0.25) is 0 Å². The lowest BCUT2D eigenvalue weighted by atomic mass is 9.85. The SMILES string of the molecule is NCCOc1cccc2c1CCCC2N1CCCCC1. The molecule has 1 aliphatic carbocycles. The summed E-state index contributed by atoms with van der Waals surface area (Å²) in [6.07, 6.45) is 7.84. The predicted octanol–water partition coefficient (Wildman–Crippen LogP) is 2.89. The largest absolute Gasteiger partial charge is 0.492 e. The smallest absolute Gasteiger partial charge is 0.122 e. The number of nitrogens with two attached hydrogens (primary N) is 1. The maximum atomic E-state index is 5.85. The second-order valence-corrected chi connectivity index (χ2v) is 5.97. The molecule has 2 N–H and O–H groups in total. The first-order chi connectivity index (χ1) is 9.90. The third kappa shape index (κ3) is 2.84. The number of likely N-dealkylation sites (tertiary alicyclic amines) is 1. The Morgan fingerprint density at radius 2 is 2.00 bits per heavy atom. The van der Waals surface area contributed by atoms with E-state index < -0.39 is 0 Å². The van der Waals surface area contributed by atoms with Crippen LogP contribution in [-0.2, 0) is 6.42 Å². The number of benzene rings is 1. The molecule has 2 aliphatic rings. The maximum absolute atomic E-state index is 5.85. The fourth-order valence-corrected chi connectivity index (χ4v) is 3.70. The second-order valence-electron chi connectivity index (χ2n) is 5.97. The van der Waals surface area contributed by atoms with E-state index in [1.807, 2.05) is 0 Å². The van der Waals surface area contributed by atoms with Crippen molar-refractivity contribution in [1.29, 1.82) is 0 Å². The summed E-state index contributed by atoms with van der Waals surface area (Å²) in [7, 11) is 0. The van der Waals surface area contributed by atoms with Crippen LogP contribution >= 0.6 is 0 Å². The number of ether oxygens (including phenoxy) is 1. The number of hydrogen-bond donors (Lipinski definition) is 1. The van der Waals surface area contributed by atoms with Gasteiger partial charge in [-0.1, -0.05) is 18.6 Å². The van der Waals surface area contributed by atoms with Gasteiger partial charge in [0.05, 0.1) is 0 Å². The highest BCUT2D eigenvalue weighted by Crippen LogP contribution is 2.39. The molecule has 3 rings (SSSR count). The third-order valence-corrected chi connectivity index (χ3v) is 4.64. The van der Waals surface area contributed by atoms with Gasteiger partial charge in [0.15, 0.2) is 0 Å². The van der Waals surface area contributed by atoms with Crippen molar-refractivity contribution in [1.82, 2.24) is 4.90 Å². The quantitative estimate of drug-likeness (QED) is 0.917. The fraction of sp³-hybridized carbons (Fsp3) is 0.647. The molecule has 0 bridgehead atoms. The average Bonchev–Trinajstić information content (AvgIpc) is 2.53. The summed E-state index contributed by atoms with van der Waals surface area (Å²) < 4.78 is 5.85. The lowest BCUT2D eigenvalue weighted by Crippen LogP contribution is -2.35. The molecule has 1 fully saturated rings. The zero-order chi connectivity index (χ0) is 13.8. The van der Waals surface area contributed by atoms with Gasteiger partial charge in [-0.25, -0.2) is 0 Å². The Morgan fingerprint density at radius 3 is 2.80 bits per heavy atom. The van der Waals surface area contributed by atoms with Gasteiger partial charge in [0, 0.05) is 12.6 Å². The van der Waals surface area contributed by atoms with Crippen LogP contribution in [0.25, 0.3) is 0 Å². The van der Waals surface area contributed by atoms with Crippen LogP contribution in [-0.4, -0.2) is 31.1 Å². The summed E-state index contributed by atoms with van der Waals surface area (Å²) in [5, 5.41) is 0. The Kier molecular flexibility index (Phi) is 4.58. The highest BCUT2D eigenvalue weighted by molar-refractivity contribution is 5.43. The van der Waals surface area contributed by atoms with Crippen LogP contribution in [0, 0.1) is 0 Å². The number of rotatable bonds is 4. The van der Waals surface area contributed by atoms with Crippen LogP contribution in [0.4, 0.5) is 0 Å². The molecule has 0 saturated carbocycles. The van der Waals surface area contributed by atoms with E-state index in [9.17, 15) is 0 Å². The van der Waals surface area contributed by atoms with E-state index in [4.69, 9.17) is 10.5 Å². The van der Waals surface area contributed by atoms with Crippen molar-refractivity contribution in [3.05, 3.63) is 29.3 Å². The van der Waals surface area contributed by atoms with Crippen LogP contribution in [0.5, 0.6) is 5.75 Å². The van der Waals surface area contributed by atoms with Crippen LogP contribution in [0.1, 0.15) is 49.3 Å². The molecule has 0 spiro atoms. The molecule has 1 aliphatic heterocycles. The van der Waals surface area contributed by atoms with E-state index in [1.165, 1.54) is 56.3 Å². The minimum Gasteiger partial charge on any atom is -0.492 e. The number of hydrogen-bond acceptors (Lipinski definition) is 3. The number of piperidine rings is 1. The highest BCUT2D eigenvalue weighted by Gasteiger charge is 2.28. The van der Waals surface area contributed by atoms with Crippen LogP contribution < -0.4 is 10.5 Å². The van der Waals surface area contributed by atoms with Crippen molar-refractivity contribution < 1.29 is 4.74 Å². The van der Waals surface area contributed by atoms with E-state index in [-0.39, 0.29) is 0 Å². The van der Waals surface area contributed by atoms with E-state index in [2.05, 4.69) is 23.1 Å². The van der Waals surface area contributed by atoms with Gasteiger partial charge >= 0.3 is 0 Å². The Balaban J connectivity index is 1.84. The molecule has 110 valence electrons. The van der Waals surface area contributed by atoms with E-state index in [0.29, 0.717) is 19.2 Å². The minimum atomic E-state index is 0.583. The van der Waals surface area contributed by atoms with Gasteiger partial charge < -0.3 is 10.5 Å². The summed E-state index contributed by atoms with van der Waals surface area (Å²) in [5.41, 5.74) is 8.50. The van der Waals surface area contributed by atoms with Crippen LogP contribution in [0.15, 0.2) is 18.2 Å². The molecule has 0 radical (unpaired) electrons. The van der Waals surface area contributed by atoms with Crippen LogP contribution in [0.3, 0.4) is 0 Å². The van der Waals surface area contributed by atoms with Crippen molar-refractivity contribution >= 4 is 0 Å². The topological polar surface area (TPSA) is 38.5 Å². The lowest BCUT2D eigenvalue weighted by Gasteiger charge is -2.38.